The van der Waals surface area contributed by atoms with Crippen molar-refractivity contribution in [3.63, 3.8) is 0 Å². The number of fused-ring (bicyclic) bond motifs is 1. The van der Waals surface area contributed by atoms with Crippen molar-refractivity contribution in [2.75, 3.05) is 11.9 Å². The Morgan fingerprint density at radius 3 is 2.74 bits per heavy atom. The predicted molar refractivity (Wildman–Crippen MR) is 79.9 cm³/mol. The number of benzene rings is 1. The van der Waals surface area contributed by atoms with Crippen LogP contribution < -0.4 is 10.1 Å². The Morgan fingerprint density at radius 2 is 2.00 bits per heavy atom. The number of nitrogens with one attached hydrogen (secondary N) is 1. The average Bonchev–Trinajstić information content (AvgIpc) is 2.64. The summed E-state index contributed by atoms with van der Waals surface area (Å²) in [5, 5.41) is 3.52. The summed E-state index contributed by atoms with van der Waals surface area (Å²) in [6, 6.07) is 6.47. The zero-order chi connectivity index (χ0) is 13.5. The van der Waals surface area contributed by atoms with Gasteiger partial charge in [0.15, 0.2) is 0 Å². The fraction of sp³-hybridized carbons (Fsp3) is 0.647. The van der Waals surface area contributed by atoms with Crippen molar-refractivity contribution in [2.24, 2.45) is 5.41 Å². The minimum Gasteiger partial charge on any atom is -0.485 e. The van der Waals surface area contributed by atoms with Crippen LogP contribution in [-0.4, -0.2) is 12.1 Å². The number of para-hydroxylation sites is 1. The molecule has 0 amide bonds. The summed E-state index contributed by atoms with van der Waals surface area (Å²) in [5.41, 5.74) is 3.05. The Hall–Kier alpha value is -1.18. The monoisotopic (exact) mass is 259 g/mol. The topological polar surface area (TPSA) is 21.3 Å². The minimum atomic E-state index is -0.00223. The van der Waals surface area contributed by atoms with Crippen LogP contribution in [0.5, 0.6) is 5.75 Å². The molecule has 3 rings (SSSR count). The molecule has 1 aromatic rings. The minimum absolute atomic E-state index is 0.00223. The van der Waals surface area contributed by atoms with Crippen molar-refractivity contribution < 1.29 is 4.74 Å². The molecule has 0 radical (unpaired) electrons. The molecule has 1 unspecified atom stereocenters. The molecule has 1 heterocycles. The molecule has 1 fully saturated rings. The number of aryl methyl sites for hydroxylation is 1. The summed E-state index contributed by atoms with van der Waals surface area (Å²) in [6.07, 6.45) is 5.95. The van der Waals surface area contributed by atoms with Crippen molar-refractivity contribution in [2.45, 2.75) is 58.5 Å². The normalized spacial score (nSPS) is 28.6. The molecule has 1 N–H and O–H groups in total. The highest BCUT2D eigenvalue weighted by Crippen LogP contribution is 2.47. The summed E-state index contributed by atoms with van der Waals surface area (Å²) in [7, 11) is 0. The second-order valence-electron chi connectivity index (χ2n) is 7.21. The van der Waals surface area contributed by atoms with Crippen molar-refractivity contribution in [1.29, 1.82) is 0 Å². The van der Waals surface area contributed by atoms with Crippen LogP contribution in [0.1, 0.15) is 52.0 Å². The molecule has 0 spiro atoms. The van der Waals surface area contributed by atoms with Crippen LogP contribution >= 0.6 is 0 Å². The average molecular weight is 259 g/mol. The molecular formula is C17H25NO. The SMILES string of the molecule is CC1(C)CCC(C)(Oc2cccc3c2NCCC3)C1. The predicted octanol–water partition coefficient (Wildman–Crippen LogP) is 4.39. The molecule has 1 aliphatic heterocycles. The Labute approximate surface area is 116 Å². The van der Waals surface area contributed by atoms with Gasteiger partial charge in [0.1, 0.15) is 11.4 Å². The second-order valence-corrected chi connectivity index (χ2v) is 7.21. The van der Waals surface area contributed by atoms with Crippen LogP contribution in [0.3, 0.4) is 0 Å². The van der Waals surface area contributed by atoms with E-state index in [1.54, 1.807) is 0 Å². The molecule has 2 aliphatic rings. The van der Waals surface area contributed by atoms with E-state index in [0.717, 1.165) is 25.1 Å². The highest BCUT2D eigenvalue weighted by atomic mass is 16.5. The van der Waals surface area contributed by atoms with Gasteiger partial charge in [-0.05, 0) is 56.1 Å². The van der Waals surface area contributed by atoms with E-state index in [1.807, 2.05) is 0 Å². The third-order valence-corrected chi connectivity index (χ3v) is 4.58. The molecule has 0 aromatic heterocycles. The number of hydrogen-bond acceptors (Lipinski definition) is 2. The van der Waals surface area contributed by atoms with Gasteiger partial charge in [0.2, 0.25) is 0 Å². The summed E-state index contributed by atoms with van der Waals surface area (Å²) in [4.78, 5) is 0. The lowest BCUT2D eigenvalue weighted by Gasteiger charge is -2.30. The van der Waals surface area contributed by atoms with Crippen LogP contribution in [0.15, 0.2) is 18.2 Å². The van der Waals surface area contributed by atoms with Crippen LogP contribution in [0.25, 0.3) is 0 Å². The number of rotatable bonds is 2. The Balaban J connectivity index is 1.84. The Bertz CT molecular complexity index is 480. The molecular weight excluding hydrogens is 234 g/mol. The maximum atomic E-state index is 6.43. The Morgan fingerprint density at radius 1 is 1.16 bits per heavy atom. The fourth-order valence-corrected chi connectivity index (χ4v) is 3.71. The molecule has 0 saturated heterocycles. The van der Waals surface area contributed by atoms with E-state index in [0.29, 0.717) is 5.41 Å². The number of ether oxygens (including phenoxy) is 1. The molecule has 1 atom stereocenters. The quantitative estimate of drug-likeness (QED) is 0.850. The maximum absolute atomic E-state index is 6.43. The maximum Gasteiger partial charge on any atom is 0.143 e. The summed E-state index contributed by atoms with van der Waals surface area (Å²) in [5.74, 6) is 1.05. The molecule has 1 aliphatic carbocycles. The number of hydrogen-bond donors (Lipinski definition) is 1. The zero-order valence-electron chi connectivity index (χ0n) is 12.4. The van der Waals surface area contributed by atoms with Gasteiger partial charge in [0, 0.05) is 6.54 Å². The summed E-state index contributed by atoms with van der Waals surface area (Å²) < 4.78 is 6.43. The van der Waals surface area contributed by atoms with Gasteiger partial charge < -0.3 is 10.1 Å². The van der Waals surface area contributed by atoms with E-state index in [-0.39, 0.29) is 5.60 Å². The van der Waals surface area contributed by atoms with E-state index in [2.05, 4.69) is 44.3 Å². The summed E-state index contributed by atoms with van der Waals surface area (Å²) >= 11 is 0. The van der Waals surface area contributed by atoms with E-state index in [1.165, 1.54) is 30.5 Å². The van der Waals surface area contributed by atoms with Crippen LogP contribution in [0, 0.1) is 5.41 Å². The van der Waals surface area contributed by atoms with Gasteiger partial charge in [-0.15, -0.1) is 0 Å². The lowest BCUT2D eigenvalue weighted by Crippen LogP contribution is -2.30. The van der Waals surface area contributed by atoms with Gasteiger partial charge in [-0.3, -0.25) is 0 Å². The van der Waals surface area contributed by atoms with Gasteiger partial charge in [-0.2, -0.15) is 0 Å². The molecule has 2 nitrogen and oxygen atoms in total. The van der Waals surface area contributed by atoms with E-state index < -0.39 is 0 Å². The third-order valence-electron chi connectivity index (χ3n) is 4.58. The van der Waals surface area contributed by atoms with Crippen molar-refractivity contribution in [3.05, 3.63) is 23.8 Å². The number of anilines is 1. The zero-order valence-corrected chi connectivity index (χ0v) is 12.4. The molecule has 104 valence electrons. The van der Waals surface area contributed by atoms with E-state index >= 15 is 0 Å². The lowest BCUT2D eigenvalue weighted by atomic mass is 9.90. The summed E-state index contributed by atoms with van der Waals surface area (Å²) in [6.45, 7) is 8.03. The molecule has 19 heavy (non-hydrogen) atoms. The molecule has 2 heteroatoms. The standard InChI is InChI=1S/C17H25NO/c1-16(2)9-10-17(3,12-16)19-14-8-4-6-13-7-5-11-18-15(13)14/h4,6,8,18H,5,7,9-12H2,1-3H3. The molecule has 0 bridgehead atoms. The van der Waals surface area contributed by atoms with Gasteiger partial charge >= 0.3 is 0 Å². The van der Waals surface area contributed by atoms with E-state index in [9.17, 15) is 0 Å². The first-order valence-electron chi connectivity index (χ1n) is 7.52. The van der Waals surface area contributed by atoms with Gasteiger partial charge in [-0.1, -0.05) is 26.0 Å². The van der Waals surface area contributed by atoms with Gasteiger partial charge in [-0.25, -0.2) is 0 Å². The highest BCUT2D eigenvalue weighted by molar-refractivity contribution is 5.63. The first-order valence-corrected chi connectivity index (χ1v) is 7.52. The van der Waals surface area contributed by atoms with Crippen LogP contribution in [-0.2, 0) is 6.42 Å². The molecule has 1 aromatic carbocycles. The largest absolute Gasteiger partial charge is 0.485 e. The Kier molecular flexibility index (Phi) is 2.99. The van der Waals surface area contributed by atoms with Crippen molar-refractivity contribution in [3.8, 4) is 5.75 Å². The highest BCUT2D eigenvalue weighted by Gasteiger charge is 2.42. The van der Waals surface area contributed by atoms with Crippen LogP contribution in [0.4, 0.5) is 5.69 Å². The smallest absolute Gasteiger partial charge is 0.143 e. The first kappa shape index (κ1) is 12.8. The second kappa shape index (κ2) is 4.43. The third kappa shape index (κ3) is 2.58. The van der Waals surface area contributed by atoms with Crippen LogP contribution in [0.2, 0.25) is 0 Å². The first-order chi connectivity index (χ1) is 8.98. The molecule has 1 saturated carbocycles. The fourth-order valence-electron chi connectivity index (χ4n) is 3.71. The van der Waals surface area contributed by atoms with Crippen molar-refractivity contribution >= 4 is 5.69 Å². The van der Waals surface area contributed by atoms with E-state index in [4.69, 9.17) is 4.74 Å². The van der Waals surface area contributed by atoms with Gasteiger partial charge in [0.05, 0.1) is 5.69 Å². The van der Waals surface area contributed by atoms with Gasteiger partial charge in [0.25, 0.3) is 0 Å². The van der Waals surface area contributed by atoms with Crippen molar-refractivity contribution in [1.82, 2.24) is 0 Å². The lowest BCUT2D eigenvalue weighted by molar-refractivity contribution is 0.0854.